The van der Waals surface area contributed by atoms with Crippen LogP contribution in [-0.2, 0) is 0 Å². The third-order valence-corrected chi connectivity index (χ3v) is 1.39. The van der Waals surface area contributed by atoms with Gasteiger partial charge < -0.3 is 4.74 Å². The van der Waals surface area contributed by atoms with Gasteiger partial charge in [0.05, 0.1) is 12.7 Å². The normalized spacial score (nSPS) is 14.8. The Hall–Kier alpha value is -1.25. The van der Waals surface area contributed by atoms with Gasteiger partial charge in [0, 0.05) is 12.3 Å². The largest absolute Gasteiger partial charge is 0.489 e. The van der Waals surface area contributed by atoms with Gasteiger partial charge in [-0.15, -0.1) is 0 Å². The Bertz CT molecular complexity index is 212. The van der Waals surface area contributed by atoms with E-state index < -0.39 is 0 Å². The highest BCUT2D eigenvalue weighted by Gasteiger charge is 2.08. The van der Waals surface area contributed by atoms with Crippen LogP contribution in [0.15, 0.2) is 18.5 Å². The third kappa shape index (κ3) is 0.795. The van der Waals surface area contributed by atoms with Crippen molar-refractivity contribution < 1.29 is 4.74 Å². The van der Waals surface area contributed by atoms with Crippen LogP contribution in [-0.4, -0.2) is 18.1 Å². The van der Waals surface area contributed by atoms with E-state index >= 15 is 0 Å². The molecule has 3 nitrogen and oxygen atoms in total. The molecule has 0 aromatic carbocycles. The first-order chi connectivity index (χ1) is 4.97. The Balaban J connectivity index is 2.41. The van der Waals surface area contributed by atoms with Crippen LogP contribution in [0.5, 0.6) is 5.75 Å². The van der Waals surface area contributed by atoms with Crippen molar-refractivity contribution in [2.24, 2.45) is 0 Å². The highest BCUT2D eigenvalue weighted by Crippen LogP contribution is 2.24. The number of ether oxygens (including phenoxy) is 1. The van der Waals surface area contributed by atoms with E-state index in [-0.39, 0.29) is 0 Å². The number of nitrogens with zero attached hydrogens (tertiary/aromatic N) is 2. The van der Waals surface area contributed by atoms with Gasteiger partial charge in [0.15, 0.2) is 0 Å². The van der Waals surface area contributed by atoms with Crippen molar-refractivity contribution in [2.75, 3.05) is 13.2 Å². The molecule has 0 saturated heterocycles. The van der Waals surface area contributed by atoms with Crippen LogP contribution in [0, 0.1) is 0 Å². The first kappa shape index (κ1) is 5.53. The molecule has 51 valence electrons. The van der Waals surface area contributed by atoms with Crippen molar-refractivity contribution in [3.63, 3.8) is 0 Å². The van der Waals surface area contributed by atoms with Crippen molar-refractivity contribution >= 4 is 5.69 Å². The number of hydrogen-bond donors (Lipinski definition) is 0. The maximum atomic E-state index is 5.29. The Morgan fingerprint density at radius 2 is 2.50 bits per heavy atom. The average Bonchev–Trinajstić information content (AvgIpc) is 2.05. The fraction of sp³-hybridized carbons (Fsp3) is 0.286. The zero-order valence-corrected chi connectivity index (χ0v) is 5.45. The summed E-state index contributed by atoms with van der Waals surface area (Å²) in [5.74, 6) is 0.848. The fourth-order valence-corrected chi connectivity index (χ4v) is 0.936. The smallest absolute Gasteiger partial charge is 0.147 e. The maximum Gasteiger partial charge on any atom is 0.147 e. The molecule has 1 aromatic heterocycles. The molecule has 0 atom stereocenters. The Morgan fingerprint density at radius 3 is 3.40 bits per heavy atom. The van der Waals surface area contributed by atoms with Crippen LogP contribution < -0.4 is 10.1 Å². The molecule has 0 bridgehead atoms. The van der Waals surface area contributed by atoms with Crippen LogP contribution in [0.3, 0.4) is 0 Å². The molecule has 0 fully saturated rings. The summed E-state index contributed by atoms with van der Waals surface area (Å²) in [4.78, 5) is 3.92. The molecule has 1 aliphatic heterocycles. The van der Waals surface area contributed by atoms with Gasteiger partial charge in [0.2, 0.25) is 0 Å². The van der Waals surface area contributed by atoms with E-state index in [0.29, 0.717) is 6.61 Å². The highest BCUT2D eigenvalue weighted by atomic mass is 16.5. The van der Waals surface area contributed by atoms with Crippen molar-refractivity contribution in [2.45, 2.75) is 0 Å². The molecule has 0 spiro atoms. The maximum absolute atomic E-state index is 5.29. The predicted molar refractivity (Wildman–Crippen MR) is 36.4 cm³/mol. The summed E-state index contributed by atoms with van der Waals surface area (Å²) < 4.78 is 5.29. The van der Waals surface area contributed by atoms with Gasteiger partial charge in [-0.05, 0) is 0 Å². The lowest BCUT2D eigenvalue weighted by atomic mass is 10.3. The van der Waals surface area contributed by atoms with E-state index in [4.69, 9.17) is 4.74 Å². The molecule has 3 heteroatoms. The molecular weight excluding hydrogens is 128 g/mol. The van der Waals surface area contributed by atoms with E-state index in [9.17, 15) is 0 Å². The van der Waals surface area contributed by atoms with E-state index in [1.54, 1.807) is 12.4 Å². The lowest BCUT2D eigenvalue weighted by Gasteiger charge is -2.15. The topological polar surface area (TPSA) is 36.2 Å². The number of rotatable bonds is 0. The lowest BCUT2D eigenvalue weighted by molar-refractivity contribution is 0.301. The second-order valence-electron chi connectivity index (χ2n) is 2.07. The standard InChI is InChI=1S/C7H7N2O/c1-2-8-5-6-7(1)10-4-3-9-6/h1-2,5H,3-4H2. The monoisotopic (exact) mass is 135 g/mol. The number of pyridine rings is 1. The van der Waals surface area contributed by atoms with Crippen molar-refractivity contribution in [3.8, 4) is 5.75 Å². The molecule has 1 radical (unpaired) electrons. The van der Waals surface area contributed by atoms with E-state index in [0.717, 1.165) is 18.0 Å². The van der Waals surface area contributed by atoms with Crippen LogP contribution in [0.4, 0.5) is 5.69 Å². The molecule has 1 aromatic rings. The summed E-state index contributed by atoms with van der Waals surface area (Å²) >= 11 is 0. The molecule has 0 amide bonds. The quantitative estimate of drug-likeness (QED) is 0.525. The minimum atomic E-state index is 0.691. The number of aromatic nitrogens is 1. The van der Waals surface area contributed by atoms with Crippen LogP contribution in [0.25, 0.3) is 0 Å². The van der Waals surface area contributed by atoms with Gasteiger partial charge in [-0.25, -0.2) is 0 Å². The van der Waals surface area contributed by atoms with Gasteiger partial charge in [-0.1, -0.05) is 0 Å². The molecule has 2 heterocycles. The van der Waals surface area contributed by atoms with Gasteiger partial charge in [0.25, 0.3) is 0 Å². The summed E-state index contributed by atoms with van der Waals surface area (Å²) in [5.41, 5.74) is 0.869. The van der Waals surface area contributed by atoms with Gasteiger partial charge in [-0.3, -0.25) is 10.3 Å². The van der Waals surface area contributed by atoms with E-state index in [1.165, 1.54) is 0 Å². The van der Waals surface area contributed by atoms with E-state index in [2.05, 4.69) is 10.3 Å². The Morgan fingerprint density at radius 1 is 1.50 bits per heavy atom. The van der Waals surface area contributed by atoms with Gasteiger partial charge in [0.1, 0.15) is 18.0 Å². The van der Waals surface area contributed by atoms with Crippen molar-refractivity contribution in [3.05, 3.63) is 18.5 Å². The molecule has 0 unspecified atom stereocenters. The van der Waals surface area contributed by atoms with Crippen LogP contribution >= 0.6 is 0 Å². The van der Waals surface area contributed by atoms with Gasteiger partial charge >= 0.3 is 0 Å². The minimum Gasteiger partial charge on any atom is -0.489 e. The number of hydrogen-bond acceptors (Lipinski definition) is 2. The Kier molecular flexibility index (Phi) is 1.20. The zero-order valence-electron chi connectivity index (χ0n) is 5.45. The van der Waals surface area contributed by atoms with Crippen molar-refractivity contribution in [1.82, 2.24) is 10.3 Å². The molecule has 0 aliphatic carbocycles. The van der Waals surface area contributed by atoms with Gasteiger partial charge in [-0.2, -0.15) is 0 Å². The zero-order chi connectivity index (χ0) is 6.81. The highest BCUT2D eigenvalue weighted by molar-refractivity contribution is 5.48. The summed E-state index contributed by atoms with van der Waals surface area (Å²) in [5, 5.41) is 4.21. The third-order valence-electron chi connectivity index (χ3n) is 1.39. The average molecular weight is 135 g/mol. The fourth-order valence-electron chi connectivity index (χ4n) is 0.936. The first-order valence-corrected chi connectivity index (χ1v) is 3.21. The van der Waals surface area contributed by atoms with Crippen LogP contribution in [0.1, 0.15) is 0 Å². The summed E-state index contributed by atoms with van der Waals surface area (Å²) in [6.45, 7) is 1.44. The minimum absolute atomic E-state index is 0.691. The molecule has 1 aliphatic rings. The molecule has 0 N–H and O–H groups in total. The lowest BCUT2D eigenvalue weighted by Crippen LogP contribution is -2.17. The van der Waals surface area contributed by atoms with Crippen LogP contribution in [0.2, 0.25) is 0 Å². The predicted octanol–water partition coefficient (Wildman–Crippen LogP) is 0.710. The first-order valence-electron chi connectivity index (χ1n) is 3.21. The summed E-state index contributed by atoms with van der Waals surface area (Å²) in [6, 6.07) is 1.83. The molecule has 10 heavy (non-hydrogen) atoms. The number of fused-ring (bicyclic) bond motifs is 1. The van der Waals surface area contributed by atoms with Crippen molar-refractivity contribution in [1.29, 1.82) is 0 Å². The SMILES string of the molecule is c1cc2c(cn1)[N]CCO2. The molecule has 0 saturated carbocycles. The molecule has 2 rings (SSSR count). The second-order valence-corrected chi connectivity index (χ2v) is 2.07. The Labute approximate surface area is 59.0 Å². The second kappa shape index (κ2) is 2.17. The summed E-state index contributed by atoms with van der Waals surface area (Å²) in [6.07, 6.45) is 3.42. The molecular formula is C7H7N2O. The van der Waals surface area contributed by atoms with E-state index in [1.807, 2.05) is 6.07 Å². The summed E-state index contributed by atoms with van der Waals surface area (Å²) in [7, 11) is 0.